The van der Waals surface area contributed by atoms with Crippen molar-refractivity contribution in [3.8, 4) is 0 Å². The Balaban J connectivity index is 1.83. The van der Waals surface area contributed by atoms with Gasteiger partial charge in [-0.3, -0.25) is 0 Å². The monoisotopic (exact) mass is 315 g/mol. The largest absolute Gasteiger partial charge is 0.335 e. The van der Waals surface area contributed by atoms with Gasteiger partial charge in [0.2, 0.25) is 0 Å². The molecule has 1 aromatic carbocycles. The van der Waals surface area contributed by atoms with E-state index in [0.717, 1.165) is 24.8 Å². The fraction of sp³-hybridized carbons (Fsp3) is 0.500. The molecule has 1 fully saturated rings. The summed E-state index contributed by atoms with van der Waals surface area (Å²) in [6, 6.07) is 5.23. The molecule has 0 aromatic heterocycles. The Morgan fingerprint density at radius 1 is 1.35 bits per heavy atom. The molecule has 1 aliphatic rings. The third-order valence-electron chi connectivity index (χ3n) is 3.73. The maximum atomic E-state index is 11.9. The van der Waals surface area contributed by atoms with Crippen molar-refractivity contribution in [1.82, 2.24) is 10.6 Å². The van der Waals surface area contributed by atoms with Crippen LogP contribution in [0.4, 0.5) is 4.79 Å². The molecule has 20 heavy (non-hydrogen) atoms. The van der Waals surface area contributed by atoms with Crippen LogP contribution in [0.2, 0.25) is 10.0 Å². The van der Waals surface area contributed by atoms with Gasteiger partial charge in [0.15, 0.2) is 0 Å². The molecule has 4 N–H and O–H groups in total. The Labute approximate surface area is 129 Å². The van der Waals surface area contributed by atoms with E-state index in [2.05, 4.69) is 10.6 Å². The van der Waals surface area contributed by atoms with E-state index in [0.29, 0.717) is 29.1 Å². The fourth-order valence-electron chi connectivity index (χ4n) is 2.57. The van der Waals surface area contributed by atoms with Crippen molar-refractivity contribution >= 4 is 29.2 Å². The van der Waals surface area contributed by atoms with E-state index in [1.54, 1.807) is 12.1 Å². The highest BCUT2D eigenvalue weighted by Crippen LogP contribution is 2.24. The molecule has 0 radical (unpaired) electrons. The van der Waals surface area contributed by atoms with Crippen molar-refractivity contribution < 1.29 is 4.79 Å². The average molecular weight is 316 g/mol. The van der Waals surface area contributed by atoms with E-state index in [4.69, 9.17) is 28.9 Å². The molecule has 2 unspecified atom stereocenters. The predicted octanol–water partition coefficient (Wildman–Crippen LogP) is 2.92. The summed E-state index contributed by atoms with van der Waals surface area (Å²) in [5.74, 6) is 0.389. The lowest BCUT2D eigenvalue weighted by Crippen LogP contribution is -2.44. The molecule has 110 valence electrons. The molecule has 0 aliphatic heterocycles. The van der Waals surface area contributed by atoms with Crippen molar-refractivity contribution in [1.29, 1.82) is 0 Å². The summed E-state index contributed by atoms with van der Waals surface area (Å²) in [5, 5.41) is 6.93. The summed E-state index contributed by atoms with van der Waals surface area (Å²) in [7, 11) is 0. The van der Waals surface area contributed by atoms with Crippen molar-refractivity contribution in [3.05, 3.63) is 33.8 Å². The molecule has 0 bridgehead atoms. The number of urea groups is 1. The highest BCUT2D eigenvalue weighted by atomic mass is 35.5. The zero-order chi connectivity index (χ0) is 14.5. The summed E-state index contributed by atoms with van der Waals surface area (Å²) >= 11 is 11.9. The third-order valence-corrected chi connectivity index (χ3v) is 4.32. The van der Waals surface area contributed by atoms with Gasteiger partial charge in [0.05, 0.1) is 0 Å². The number of hydrogen-bond donors (Lipinski definition) is 3. The minimum atomic E-state index is -0.179. The van der Waals surface area contributed by atoms with Crippen LogP contribution in [0.5, 0.6) is 0 Å². The Morgan fingerprint density at radius 3 is 2.85 bits per heavy atom. The number of nitrogens with one attached hydrogen (secondary N) is 2. The minimum absolute atomic E-state index is 0.179. The van der Waals surface area contributed by atoms with Crippen molar-refractivity contribution in [2.75, 3.05) is 6.54 Å². The normalized spacial score (nSPS) is 21.8. The first-order valence-electron chi connectivity index (χ1n) is 6.78. The minimum Gasteiger partial charge on any atom is -0.335 e. The Kier molecular flexibility index (Phi) is 5.52. The van der Waals surface area contributed by atoms with Crippen LogP contribution >= 0.6 is 23.2 Å². The van der Waals surface area contributed by atoms with Gasteiger partial charge >= 0.3 is 6.03 Å². The van der Waals surface area contributed by atoms with Gasteiger partial charge in [-0.05, 0) is 43.0 Å². The summed E-state index contributed by atoms with van der Waals surface area (Å²) in [6.45, 7) is 0.996. The number of halogens is 2. The number of nitrogens with two attached hydrogens (primary N) is 1. The first-order chi connectivity index (χ1) is 9.60. The van der Waals surface area contributed by atoms with Gasteiger partial charge in [-0.15, -0.1) is 0 Å². The van der Waals surface area contributed by atoms with Crippen molar-refractivity contribution in [2.45, 2.75) is 31.8 Å². The molecule has 0 heterocycles. The van der Waals surface area contributed by atoms with Crippen LogP contribution in [-0.4, -0.2) is 18.6 Å². The van der Waals surface area contributed by atoms with Crippen molar-refractivity contribution in [3.63, 3.8) is 0 Å². The van der Waals surface area contributed by atoms with Gasteiger partial charge in [-0.1, -0.05) is 35.7 Å². The van der Waals surface area contributed by atoms with E-state index < -0.39 is 0 Å². The number of carbonyl (C=O) groups excluding carboxylic acids is 1. The molecule has 4 nitrogen and oxygen atoms in total. The fourth-order valence-corrected chi connectivity index (χ4v) is 3.04. The molecule has 0 spiro atoms. The summed E-state index contributed by atoms with van der Waals surface area (Å²) < 4.78 is 0. The number of carbonyl (C=O) groups is 1. The van der Waals surface area contributed by atoms with Gasteiger partial charge in [0.25, 0.3) is 0 Å². The second-order valence-electron chi connectivity index (χ2n) is 5.10. The van der Waals surface area contributed by atoms with Gasteiger partial charge < -0.3 is 16.4 Å². The van der Waals surface area contributed by atoms with Crippen LogP contribution in [0.1, 0.15) is 24.8 Å². The topological polar surface area (TPSA) is 67.1 Å². The molecule has 1 saturated carbocycles. The van der Waals surface area contributed by atoms with Crippen molar-refractivity contribution in [2.24, 2.45) is 11.7 Å². The van der Waals surface area contributed by atoms with Crippen LogP contribution < -0.4 is 16.4 Å². The first kappa shape index (κ1) is 15.4. The smallest absolute Gasteiger partial charge is 0.315 e. The van der Waals surface area contributed by atoms with Crippen LogP contribution in [0, 0.1) is 5.92 Å². The summed E-state index contributed by atoms with van der Waals surface area (Å²) in [5.41, 5.74) is 6.54. The third kappa shape index (κ3) is 4.01. The van der Waals surface area contributed by atoms with E-state index >= 15 is 0 Å². The maximum absolute atomic E-state index is 11.9. The average Bonchev–Trinajstić information content (AvgIpc) is 2.85. The summed E-state index contributed by atoms with van der Waals surface area (Å²) in [4.78, 5) is 11.9. The lowest BCUT2D eigenvalue weighted by Gasteiger charge is -2.19. The Hall–Kier alpha value is -0.970. The second kappa shape index (κ2) is 7.16. The SMILES string of the molecule is NCC1CCCC1NC(=O)NCc1ccc(Cl)cc1Cl. The molecule has 0 saturated heterocycles. The van der Waals surface area contributed by atoms with E-state index in [1.165, 1.54) is 0 Å². The zero-order valence-electron chi connectivity index (χ0n) is 11.2. The van der Waals surface area contributed by atoms with Gasteiger partial charge in [-0.2, -0.15) is 0 Å². The lowest BCUT2D eigenvalue weighted by molar-refractivity contribution is 0.233. The maximum Gasteiger partial charge on any atom is 0.315 e. The van der Waals surface area contributed by atoms with E-state index in [9.17, 15) is 4.79 Å². The van der Waals surface area contributed by atoms with Gasteiger partial charge in [0, 0.05) is 22.6 Å². The highest BCUT2D eigenvalue weighted by molar-refractivity contribution is 6.35. The molecule has 2 atom stereocenters. The summed E-state index contributed by atoms with van der Waals surface area (Å²) in [6.07, 6.45) is 3.21. The Morgan fingerprint density at radius 2 is 2.15 bits per heavy atom. The first-order valence-corrected chi connectivity index (χ1v) is 7.54. The predicted molar refractivity (Wildman–Crippen MR) is 82.0 cm³/mol. The van der Waals surface area contributed by atoms with E-state index in [-0.39, 0.29) is 12.1 Å². The number of amides is 2. The standard InChI is InChI=1S/C14H19Cl2N3O/c15-11-5-4-10(12(16)6-11)8-18-14(20)19-13-3-1-2-9(13)7-17/h4-6,9,13H,1-3,7-8,17H2,(H2,18,19,20). The molecule has 1 aliphatic carbocycles. The molecule has 1 aromatic rings. The second-order valence-corrected chi connectivity index (χ2v) is 5.94. The zero-order valence-corrected chi connectivity index (χ0v) is 12.7. The number of benzene rings is 1. The van der Waals surface area contributed by atoms with Crippen LogP contribution in [-0.2, 0) is 6.54 Å². The van der Waals surface area contributed by atoms with E-state index in [1.807, 2.05) is 6.07 Å². The Bertz CT molecular complexity index is 481. The van der Waals surface area contributed by atoms with Crippen LogP contribution in [0.25, 0.3) is 0 Å². The quantitative estimate of drug-likeness (QED) is 0.799. The molecule has 6 heteroatoms. The number of hydrogen-bond acceptors (Lipinski definition) is 2. The molecule has 2 rings (SSSR count). The van der Waals surface area contributed by atoms with Gasteiger partial charge in [-0.25, -0.2) is 4.79 Å². The lowest BCUT2D eigenvalue weighted by atomic mass is 10.0. The van der Waals surface area contributed by atoms with Crippen LogP contribution in [0.15, 0.2) is 18.2 Å². The van der Waals surface area contributed by atoms with Gasteiger partial charge in [0.1, 0.15) is 0 Å². The molecular formula is C14H19Cl2N3O. The highest BCUT2D eigenvalue weighted by Gasteiger charge is 2.27. The number of rotatable bonds is 4. The molecular weight excluding hydrogens is 297 g/mol. The molecule has 2 amide bonds. The van der Waals surface area contributed by atoms with Crippen LogP contribution in [0.3, 0.4) is 0 Å².